The molecule has 0 unspecified atom stereocenters. The van der Waals surface area contributed by atoms with Crippen LogP contribution in [0.2, 0.25) is 5.02 Å². The fraction of sp³-hybridized carbons (Fsp3) is 0. The summed E-state index contributed by atoms with van der Waals surface area (Å²) in [7, 11) is 0. The first-order valence-corrected chi connectivity index (χ1v) is 6.59. The predicted molar refractivity (Wildman–Crippen MR) is 74.1 cm³/mol. The van der Waals surface area contributed by atoms with Gasteiger partial charge in [-0.1, -0.05) is 35.9 Å². The van der Waals surface area contributed by atoms with Crippen LogP contribution in [0.25, 0.3) is 21.7 Å². The molecule has 1 nitrogen and oxygen atoms in total. The zero-order chi connectivity index (χ0) is 11.3. The molecule has 0 aliphatic rings. The molecule has 0 bridgehead atoms. The van der Waals surface area contributed by atoms with Crippen LogP contribution in [0.15, 0.2) is 43.9 Å². The quantitative estimate of drug-likeness (QED) is 0.496. The van der Waals surface area contributed by atoms with E-state index in [-0.39, 0.29) is 0 Å². The highest BCUT2D eigenvalue weighted by atomic mass is 79.9. The molecule has 0 saturated heterocycles. The highest BCUT2D eigenvalue weighted by Gasteiger charge is 2.14. The van der Waals surface area contributed by atoms with Gasteiger partial charge in [-0.2, -0.15) is 0 Å². The average molecular weight is 360 g/mol. The Morgan fingerprint density at radius 2 is 1.75 bits per heavy atom. The second-order valence-electron chi connectivity index (χ2n) is 3.47. The molecular weight excluding hydrogens is 355 g/mol. The lowest BCUT2D eigenvalue weighted by atomic mass is 10.1. The van der Waals surface area contributed by atoms with Crippen molar-refractivity contribution in [2.45, 2.75) is 0 Å². The summed E-state index contributed by atoms with van der Waals surface area (Å²) in [6, 6.07) is 9.85. The molecule has 4 heteroatoms. The summed E-state index contributed by atoms with van der Waals surface area (Å²) in [6.07, 6.45) is 0. The highest BCUT2D eigenvalue weighted by molar-refractivity contribution is 9.13. The second kappa shape index (κ2) is 3.76. The molecule has 3 aromatic rings. The van der Waals surface area contributed by atoms with Crippen molar-refractivity contribution < 1.29 is 4.42 Å². The van der Waals surface area contributed by atoms with E-state index in [9.17, 15) is 0 Å². The van der Waals surface area contributed by atoms with E-state index in [2.05, 4.69) is 31.9 Å². The van der Waals surface area contributed by atoms with Crippen molar-refractivity contribution in [3.05, 3.63) is 44.5 Å². The van der Waals surface area contributed by atoms with Gasteiger partial charge in [-0.15, -0.1) is 0 Å². The molecule has 0 atom stereocenters. The minimum Gasteiger partial charge on any atom is -0.448 e. The Labute approximate surface area is 114 Å². The normalized spacial score (nSPS) is 11.4. The standard InChI is InChI=1S/C12H5Br2ClO/c13-11-10-7-4-2-1-3-6(7)8(15)5-9(10)16-12(11)14/h1-5H. The lowest BCUT2D eigenvalue weighted by Crippen LogP contribution is -1.75. The van der Waals surface area contributed by atoms with E-state index in [4.69, 9.17) is 16.0 Å². The smallest absolute Gasteiger partial charge is 0.184 e. The maximum absolute atomic E-state index is 6.21. The second-order valence-corrected chi connectivity index (χ2v) is 5.39. The summed E-state index contributed by atoms with van der Waals surface area (Å²) in [5.41, 5.74) is 0.780. The number of hydrogen-bond acceptors (Lipinski definition) is 1. The van der Waals surface area contributed by atoms with Crippen molar-refractivity contribution in [2.24, 2.45) is 0 Å². The van der Waals surface area contributed by atoms with E-state index >= 15 is 0 Å². The van der Waals surface area contributed by atoms with Crippen molar-refractivity contribution in [1.82, 2.24) is 0 Å². The molecule has 2 aromatic carbocycles. The molecule has 0 fully saturated rings. The maximum atomic E-state index is 6.21. The Hall–Kier alpha value is -0.510. The van der Waals surface area contributed by atoms with E-state index in [1.54, 1.807) is 0 Å². The van der Waals surface area contributed by atoms with Crippen LogP contribution in [-0.4, -0.2) is 0 Å². The van der Waals surface area contributed by atoms with Gasteiger partial charge in [0.05, 0.1) is 9.50 Å². The van der Waals surface area contributed by atoms with Gasteiger partial charge in [0.2, 0.25) is 0 Å². The molecule has 0 radical (unpaired) electrons. The third-order valence-electron chi connectivity index (χ3n) is 2.55. The fourth-order valence-electron chi connectivity index (χ4n) is 1.85. The minimum atomic E-state index is 0.690. The summed E-state index contributed by atoms with van der Waals surface area (Å²) in [4.78, 5) is 0. The fourth-order valence-corrected chi connectivity index (χ4v) is 2.98. The molecule has 0 saturated carbocycles. The summed E-state index contributed by atoms with van der Waals surface area (Å²) in [5.74, 6) is 0. The van der Waals surface area contributed by atoms with Gasteiger partial charge in [0.25, 0.3) is 0 Å². The van der Waals surface area contributed by atoms with E-state index in [1.807, 2.05) is 30.3 Å². The molecule has 0 aliphatic carbocycles. The van der Waals surface area contributed by atoms with Gasteiger partial charge in [0.1, 0.15) is 5.58 Å². The number of hydrogen-bond donors (Lipinski definition) is 0. The van der Waals surface area contributed by atoms with Crippen molar-refractivity contribution in [3.8, 4) is 0 Å². The molecule has 0 spiro atoms. The molecule has 0 amide bonds. The summed E-state index contributed by atoms with van der Waals surface area (Å²) < 4.78 is 7.19. The predicted octanol–water partition coefficient (Wildman–Crippen LogP) is 5.76. The maximum Gasteiger partial charge on any atom is 0.184 e. The Kier molecular flexibility index (Phi) is 2.50. The lowest BCUT2D eigenvalue weighted by Gasteiger charge is -2.01. The van der Waals surface area contributed by atoms with Crippen LogP contribution in [0.5, 0.6) is 0 Å². The third kappa shape index (κ3) is 1.42. The Morgan fingerprint density at radius 3 is 2.50 bits per heavy atom. The van der Waals surface area contributed by atoms with Gasteiger partial charge in [0.15, 0.2) is 4.67 Å². The van der Waals surface area contributed by atoms with Crippen LogP contribution in [0.3, 0.4) is 0 Å². The van der Waals surface area contributed by atoms with Gasteiger partial charge in [-0.05, 0) is 37.2 Å². The Balaban J connectivity index is 2.66. The van der Waals surface area contributed by atoms with Crippen molar-refractivity contribution in [2.75, 3.05) is 0 Å². The van der Waals surface area contributed by atoms with Gasteiger partial charge in [-0.3, -0.25) is 0 Å². The first kappa shape index (κ1) is 10.6. The zero-order valence-corrected chi connectivity index (χ0v) is 11.9. The summed E-state index contributed by atoms with van der Waals surface area (Å²) in [6.45, 7) is 0. The van der Waals surface area contributed by atoms with Gasteiger partial charge >= 0.3 is 0 Å². The molecule has 1 heterocycles. The van der Waals surface area contributed by atoms with E-state index in [0.717, 1.165) is 26.2 Å². The van der Waals surface area contributed by atoms with Crippen molar-refractivity contribution in [1.29, 1.82) is 0 Å². The molecule has 0 N–H and O–H groups in total. The third-order valence-corrected chi connectivity index (χ3v) is 4.71. The Bertz CT molecular complexity index is 703. The van der Waals surface area contributed by atoms with E-state index < -0.39 is 0 Å². The van der Waals surface area contributed by atoms with Gasteiger partial charge in [-0.25, -0.2) is 0 Å². The van der Waals surface area contributed by atoms with Gasteiger partial charge < -0.3 is 4.42 Å². The van der Waals surface area contributed by atoms with E-state index in [1.165, 1.54) is 0 Å². The Morgan fingerprint density at radius 1 is 1.06 bits per heavy atom. The number of benzene rings is 2. The molecule has 0 aliphatic heterocycles. The number of rotatable bonds is 0. The van der Waals surface area contributed by atoms with Crippen LogP contribution in [0.1, 0.15) is 0 Å². The van der Waals surface area contributed by atoms with Crippen LogP contribution in [0, 0.1) is 0 Å². The van der Waals surface area contributed by atoms with Crippen molar-refractivity contribution >= 4 is 65.2 Å². The summed E-state index contributed by atoms with van der Waals surface area (Å²) >= 11 is 13.1. The number of furan rings is 1. The molecular formula is C12H5Br2ClO. The lowest BCUT2D eigenvalue weighted by molar-refractivity contribution is 0.585. The van der Waals surface area contributed by atoms with Crippen LogP contribution in [-0.2, 0) is 0 Å². The minimum absolute atomic E-state index is 0.690. The number of fused-ring (bicyclic) bond motifs is 3. The van der Waals surface area contributed by atoms with Gasteiger partial charge in [0, 0.05) is 16.8 Å². The molecule has 80 valence electrons. The molecule has 16 heavy (non-hydrogen) atoms. The molecule has 1 aromatic heterocycles. The molecule has 3 rings (SSSR count). The van der Waals surface area contributed by atoms with Crippen LogP contribution >= 0.6 is 43.5 Å². The SMILES string of the molecule is Clc1cc2oc(Br)c(Br)c2c2ccccc12. The summed E-state index contributed by atoms with van der Waals surface area (Å²) in [5, 5.41) is 3.88. The number of halogens is 3. The highest BCUT2D eigenvalue weighted by Crippen LogP contribution is 2.41. The van der Waals surface area contributed by atoms with Crippen LogP contribution < -0.4 is 0 Å². The monoisotopic (exact) mass is 358 g/mol. The zero-order valence-electron chi connectivity index (χ0n) is 7.93. The first-order chi connectivity index (χ1) is 7.68. The first-order valence-electron chi connectivity index (χ1n) is 4.63. The largest absolute Gasteiger partial charge is 0.448 e. The van der Waals surface area contributed by atoms with E-state index in [0.29, 0.717) is 9.69 Å². The van der Waals surface area contributed by atoms with Crippen molar-refractivity contribution in [3.63, 3.8) is 0 Å². The topological polar surface area (TPSA) is 13.1 Å². The van der Waals surface area contributed by atoms with Crippen LogP contribution in [0.4, 0.5) is 0 Å². The average Bonchev–Trinajstić information content (AvgIpc) is 2.55.